The van der Waals surface area contributed by atoms with Crippen molar-refractivity contribution in [3.8, 4) is 0 Å². The quantitative estimate of drug-likeness (QED) is 0.891. The van der Waals surface area contributed by atoms with E-state index >= 15 is 0 Å². The number of aromatic nitrogens is 2. The molecule has 0 amide bonds. The van der Waals surface area contributed by atoms with Crippen molar-refractivity contribution in [2.24, 2.45) is 0 Å². The highest BCUT2D eigenvalue weighted by atomic mass is 35.5. The Morgan fingerprint density at radius 3 is 2.88 bits per heavy atom. The Labute approximate surface area is 106 Å². The molecule has 17 heavy (non-hydrogen) atoms. The van der Waals surface area contributed by atoms with Crippen molar-refractivity contribution in [2.75, 3.05) is 6.54 Å². The molecule has 1 atom stereocenters. The lowest BCUT2D eigenvalue weighted by atomic mass is 10.1. The molecule has 2 rings (SSSR count). The van der Waals surface area contributed by atoms with E-state index in [9.17, 15) is 0 Å². The van der Waals surface area contributed by atoms with Gasteiger partial charge in [0.15, 0.2) is 5.22 Å². The van der Waals surface area contributed by atoms with Crippen molar-refractivity contribution in [3.63, 3.8) is 0 Å². The number of nitrogens with one attached hydrogen (secondary N) is 1. The zero-order valence-electron chi connectivity index (χ0n) is 9.98. The number of aryl methyl sites for hydroxylation is 1. The predicted octanol–water partition coefficient (Wildman–Crippen LogP) is 2.85. The summed E-state index contributed by atoms with van der Waals surface area (Å²) in [4.78, 5) is 0. The number of hydrogen-bond acceptors (Lipinski definition) is 3. The first kappa shape index (κ1) is 12.2. The molecule has 5 heteroatoms. The topological polar surface area (TPSA) is 43.0 Å². The Morgan fingerprint density at radius 2 is 2.29 bits per heavy atom. The van der Waals surface area contributed by atoms with Crippen LogP contribution in [-0.4, -0.2) is 16.3 Å². The molecule has 0 bridgehead atoms. The Kier molecular flexibility index (Phi) is 3.86. The molecular formula is C12H16ClN3O. The second-order valence-corrected chi connectivity index (χ2v) is 4.06. The zero-order valence-corrected chi connectivity index (χ0v) is 10.7. The van der Waals surface area contributed by atoms with Crippen LogP contribution in [0, 0.1) is 0 Å². The highest BCUT2D eigenvalue weighted by Gasteiger charge is 2.21. The van der Waals surface area contributed by atoms with E-state index < -0.39 is 0 Å². The number of nitrogens with zero attached hydrogens (tertiary/aromatic N) is 2. The van der Waals surface area contributed by atoms with Crippen LogP contribution in [0.15, 0.2) is 29.0 Å². The third-order valence-electron chi connectivity index (χ3n) is 2.71. The van der Waals surface area contributed by atoms with Crippen LogP contribution in [0.4, 0.5) is 0 Å². The molecule has 0 aromatic carbocycles. The summed E-state index contributed by atoms with van der Waals surface area (Å²) in [6.45, 7) is 5.81. The monoisotopic (exact) mass is 253 g/mol. The first-order valence-electron chi connectivity index (χ1n) is 5.75. The Morgan fingerprint density at radius 1 is 1.47 bits per heavy atom. The second-order valence-electron chi connectivity index (χ2n) is 3.71. The van der Waals surface area contributed by atoms with E-state index in [4.69, 9.17) is 16.0 Å². The highest BCUT2D eigenvalue weighted by molar-refractivity contribution is 6.29. The average Bonchev–Trinajstić information content (AvgIpc) is 2.94. The molecule has 2 aromatic heterocycles. The largest absolute Gasteiger partial charge is 0.453 e. The van der Waals surface area contributed by atoms with Gasteiger partial charge in [0.2, 0.25) is 0 Å². The first-order chi connectivity index (χ1) is 8.27. The maximum absolute atomic E-state index is 6.05. The molecular weight excluding hydrogens is 238 g/mol. The molecule has 92 valence electrons. The van der Waals surface area contributed by atoms with Gasteiger partial charge in [0.25, 0.3) is 0 Å². The van der Waals surface area contributed by atoms with Crippen LogP contribution in [0.1, 0.15) is 31.1 Å². The molecule has 1 unspecified atom stereocenters. The summed E-state index contributed by atoms with van der Waals surface area (Å²) in [6, 6.07) is 3.91. The van der Waals surface area contributed by atoms with Crippen LogP contribution in [0.25, 0.3) is 0 Å². The lowest BCUT2D eigenvalue weighted by Crippen LogP contribution is -2.24. The predicted molar refractivity (Wildman–Crippen MR) is 67.1 cm³/mol. The second kappa shape index (κ2) is 5.38. The number of furan rings is 1. The van der Waals surface area contributed by atoms with Gasteiger partial charge in [0, 0.05) is 18.3 Å². The summed E-state index contributed by atoms with van der Waals surface area (Å²) in [5.74, 6) is 0. The SMILES string of the molecule is CCNC(c1ccoc1Cl)c1ccnn1CC. The van der Waals surface area contributed by atoms with E-state index in [1.807, 2.05) is 16.8 Å². The fourth-order valence-electron chi connectivity index (χ4n) is 1.94. The highest BCUT2D eigenvalue weighted by Crippen LogP contribution is 2.29. The van der Waals surface area contributed by atoms with Crippen molar-refractivity contribution in [1.82, 2.24) is 15.1 Å². The van der Waals surface area contributed by atoms with Gasteiger partial charge in [0.05, 0.1) is 18.0 Å². The van der Waals surface area contributed by atoms with Crippen LogP contribution in [0.2, 0.25) is 5.22 Å². The number of halogens is 1. The summed E-state index contributed by atoms with van der Waals surface area (Å²) in [5, 5.41) is 8.11. The van der Waals surface area contributed by atoms with Gasteiger partial charge in [-0.1, -0.05) is 6.92 Å². The van der Waals surface area contributed by atoms with Gasteiger partial charge in [-0.2, -0.15) is 5.10 Å². The lowest BCUT2D eigenvalue weighted by Gasteiger charge is -2.18. The molecule has 0 saturated heterocycles. The van der Waals surface area contributed by atoms with E-state index in [1.54, 1.807) is 12.5 Å². The van der Waals surface area contributed by atoms with E-state index in [2.05, 4.69) is 24.3 Å². The standard InChI is InChI=1S/C12H16ClN3O/c1-3-14-11(9-6-8-17-12(9)13)10-5-7-15-16(10)4-2/h5-8,11,14H,3-4H2,1-2H3. The van der Waals surface area contributed by atoms with Crippen molar-refractivity contribution in [3.05, 3.63) is 41.1 Å². The van der Waals surface area contributed by atoms with E-state index in [0.717, 1.165) is 24.3 Å². The summed E-state index contributed by atoms with van der Waals surface area (Å²) in [7, 11) is 0. The fourth-order valence-corrected chi connectivity index (χ4v) is 2.16. The van der Waals surface area contributed by atoms with Crippen molar-refractivity contribution < 1.29 is 4.42 Å². The summed E-state index contributed by atoms with van der Waals surface area (Å²) in [6.07, 6.45) is 3.41. The third-order valence-corrected chi connectivity index (χ3v) is 3.02. The molecule has 0 spiro atoms. The Balaban J connectivity index is 2.39. The Hall–Kier alpha value is -1.26. The summed E-state index contributed by atoms with van der Waals surface area (Å²) in [5.41, 5.74) is 2.04. The summed E-state index contributed by atoms with van der Waals surface area (Å²) < 4.78 is 7.11. The number of rotatable bonds is 5. The van der Waals surface area contributed by atoms with Crippen LogP contribution in [0.3, 0.4) is 0 Å². The van der Waals surface area contributed by atoms with Gasteiger partial charge in [-0.15, -0.1) is 0 Å². The minimum Gasteiger partial charge on any atom is -0.453 e. The van der Waals surface area contributed by atoms with Crippen LogP contribution < -0.4 is 5.32 Å². The van der Waals surface area contributed by atoms with Crippen molar-refractivity contribution in [2.45, 2.75) is 26.4 Å². The van der Waals surface area contributed by atoms with Crippen LogP contribution in [-0.2, 0) is 6.54 Å². The fraction of sp³-hybridized carbons (Fsp3) is 0.417. The average molecular weight is 254 g/mol. The van der Waals surface area contributed by atoms with Gasteiger partial charge >= 0.3 is 0 Å². The normalized spacial score (nSPS) is 12.9. The maximum Gasteiger partial charge on any atom is 0.198 e. The van der Waals surface area contributed by atoms with E-state index in [-0.39, 0.29) is 6.04 Å². The molecule has 0 aliphatic heterocycles. The zero-order chi connectivity index (χ0) is 12.3. The van der Waals surface area contributed by atoms with Crippen molar-refractivity contribution >= 4 is 11.6 Å². The molecule has 2 heterocycles. The molecule has 2 aromatic rings. The van der Waals surface area contributed by atoms with Crippen molar-refractivity contribution in [1.29, 1.82) is 0 Å². The molecule has 0 radical (unpaired) electrons. The minimum absolute atomic E-state index is 0.0219. The molecule has 0 aliphatic carbocycles. The maximum atomic E-state index is 6.05. The van der Waals surface area contributed by atoms with Gasteiger partial charge in [-0.3, -0.25) is 4.68 Å². The molecule has 1 N–H and O–H groups in total. The minimum atomic E-state index is 0.0219. The number of hydrogen-bond donors (Lipinski definition) is 1. The van der Waals surface area contributed by atoms with Gasteiger partial charge in [-0.05, 0) is 37.2 Å². The van der Waals surface area contributed by atoms with E-state index in [1.165, 1.54) is 0 Å². The van der Waals surface area contributed by atoms with E-state index in [0.29, 0.717) is 5.22 Å². The van der Waals surface area contributed by atoms with Crippen LogP contribution in [0.5, 0.6) is 0 Å². The third kappa shape index (κ3) is 2.37. The smallest absolute Gasteiger partial charge is 0.198 e. The molecule has 0 saturated carbocycles. The first-order valence-corrected chi connectivity index (χ1v) is 6.13. The molecule has 0 fully saturated rings. The summed E-state index contributed by atoms with van der Waals surface area (Å²) >= 11 is 6.05. The van der Waals surface area contributed by atoms with Gasteiger partial charge in [-0.25, -0.2) is 0 Å². The van der Waals surface area contributed by atoms with Gasteiger partial charge in [0.1, 0.15) is 0 Å². The Bertz CT molecular complexity index is 478. The molecule has 4 nitrogen and oxygen atoms in total. The van der Waals surface area contributed by atoms with Gasteiger partial charge < -0.3 is 9.73 Å². The van der Waals surface area contributed by atoms with Crippen LogP contribution >= 0.6 is 11.6 Å². The lowest BCUT2D eigenvalue weighted by molar-refractivity contribution is 0.527. The molecule has 0 aliphatic rings.